The Kier molecular flexibility index (Phi) is 3.08. The first-order valence-corrected chi connectivity index (χ1v) is 4.14. The lowest BCUT2D eigenvalue weighted by atomic mass is 10.2. The molecule has 0 N–H and O–H groups in total. The Balaban J connectivity index is 2.09. The SMILES string of the molecule is CCCCCN1CC(=O)C=N1. The zero-order chi connectivity index (χ0) is 8.10. The second-order valence-corrected chi connectivity index (χ2v) is 2.81. The van der Waals surface area contributed by atoms with Crippen molar-refractivity contribution < 1.29 is 4.79 Å². The maximum atomic E-state index is 10.7. The molecule has 0 unspecified atom stereocenters. The molecule has 0 fully saturated rings. The molecule has 0 atom stereocenters. The van der Waals surface area contributed by atoms with Crippen LogP contribution in [0.1, 0.15) is 26.2 Å². The van der Waals surface area contributed by atoms with Crippen molar-refractivity contribution in [3.8, 4) is 0 Å². The summed E-state index contributed by atoms with van der Waals surface area (Å²) in [5.41, 5.74) is 0. The third kappa shape index (κ3) is 2.70. The molecule has 0 aromatic carbocycles. The molecule has 0 saturated carbocycles. The minimum Gasteiger partial charge on any atom is -0.291 e. The zero-order valence-corrected chi connectivity index (χ0v) is 6.92. The molecule has 0 spiro atoms. The second kappa shape index (κ2) is 4.11. The molecule has 0 aliphatic carbocycles. The normalized spacial score (nSPS) is 16.5. The molecule has 0 aromatic heterocycles. The van der Waals surface area contributed by atoms with Crippen LogP contribution in [0.15, 0.2) is 5.10 Å². The molecule has 0 amide bonds. The fraction of sp³-hybridized carbons (Fsp3) is 0.750. The van der Waals surface area contributed by atoms with Crippen LogP contribution in [-0.2, 0) is 4.79 Å². The molecule has 3 nitrogen and oxygen atoms in total. The minimum absolute atomic E-state index is 0.126. The van der Waals surface area contributed by atoms with E-state index >= 15 is 0 Å². The maximum Gasteiger partial charge on any atom is 0.196 e. The summed E-state index contributed by atoms with van der Waals surface area (Å²) >= 11 is 0. The molecule has 1 heterocycles. The van der Waals surface area contributed by atoms with Crippen molar-refractivity contribution >= 4 is 12.0 Å². The van der Waals surface area contributed by atoms with E-state index in [1.54, 1.807) is 0 Å². The molecule has 11 heavy (non-hydrogen) atoms. The summed E-state index contributed by atoms with van der Waals surface area (Å²) < 4.78 is 0. The number of hydrogen-bond acceptors (Lipinski definition) is 3. The van der Waals surface area contributed by atoms with E-state index in [9.17, 15) is 4.79 Å². The van der Waals surface area contributed by atoms with Crippen molar-refractivity contribution in [3.05, 3.63) is 0 Å². The Bertz CT molecular complexity index is 165. The van der Waals surface area contributed by atoms with Gasteiger partial charge in [0.25, 0.3) is 0 Å². The van der Waals surface area contributed by atoms with Gasteiger partial charge in [-0.2, -0.15) is 5.10 Å². The van der Waals surface area contributed by atoms with E-state index in [1.807, 2.05) is 5.01 Å². The van der Waals surface area contributed by atoms with E-state index in [4.69, 9.17) is 0 Å². The highest BCUT2D eigenvalue weighted by atomic mass is 16.1. The van der Waals surface area contributed by atoms with Crippen molar-refractivity contribution in [3.63, 3.8) is 0 Å². The van der Waals surface area contributed by atoms with Gasteiger partial charge in [-0.25, -0.2) is 0 Å². The van der Waals surface area contributed by atoms with E-state index < -0.39 is 0 Å². The van der Waals surface area contributed by atoms with Gasteiger partial charge in [0.15, 0.2) is 5.78 Å². The highest BCUT2D eigenvalue weighted by Gasteiger charge is 2.11. The minimum atomic E-state index is 0.126. The van der Waals surface area contributed by atoms with Crippen LogP contribution in [0.4, 0.5) is 0 Å². The zero-order valence-electron chi connectivity index (χ0n) is 6.92. The van der Waals surface area contributed by atoms with Gasteiger partial charge < -0.3 is 0 Å². The van der Waals surface area contributed by atoms with Gasteiger partial charge in [-0.3, -0.25) is 9.80 Å². The lowest BCUT2D eigenvalue weighted by Crippen LogP contribution is -2.19. The second-order valence-electron chi connectivity index (χ2n) is 2.81. The molecule has 0 radical (unpaired) electrons. The quantitative estimate of drug-likeness (QED) is 0.567. The molecule has 0 saturated heterocycles. The smallest absolute Gasteiger partial charge is 0.196 e. The predicted molar refractivity (Wildman–Crippen MR) is 44.6 cm³/mol. The van der Waals surface area contributed by atoms with Crippen LogP contribution in [0.2, 0.25) is 0 Å². The van der Waals surface area contributed by atoms with Crippen LogP contribution in [-0.4, -0.2) is 30.1 Å². The number of unbranched alkanes of at least 4 members (excludes halogenated alkanes) is 2. The van der Waals surface area contributed by atoms with E-state index in [-0.39, 0.29) is 5.78 Å². The first-order chi connectivity index (χ1) is 5.33. The number of rotatable bonds is 4. The highest BCUT2D eigenvalue weighted by Crippen LogP contribution is 2.01. The monoisotopic (exact) mass is 154 g/mol. The van der Waals surface area contributed by atoms with Crippen LogP contribution in [0.3, 0.4) is 0 Å². The molecule has 62 valence electrons. The van der Waals surface area contributed by atoms with Gasteiger partial charge in [-0.15, -0.1) is 0 Å². The van der Waals surface area contributed by atoms with Gasteiger partial charge in [0.2, 0.25) is 0 Å². The molecule has 1 aliphatic rings. The largest absolute Gasteiger partial charge is 0.291 e. The van der Waals surface area contributed by atoms with Crippen molar-refractivity contribution in [2.45, 2.75) is 26.2 Å². The fourth-order valence-electron chi connectivity index (χ4n) is 1.09. The first-order valence-electron chi connectivity index (χ1n) is 4.14. The number of hydrazone groups is 1. The molecule has 0 bridgehead atoms. The molecule has 0 aromatic rings. The summed E-state index contributed by atoms with van der Waals surface area (Å²) in [6.45, 7) is 3.58. The Morgan fingerprint density at radius 1 is 1.64 bits per heavy atom. The number of carbonyl (C=O) groups is 1. The molecular weight excluding hydrogens is 140 g/mol. The number of Topliss-reactive ketones (excluding diaryl/α,β-unsaturated/α-hetero) is 1. The Morgan fingerprint density at radius 3 is 3.00 bits per heavy atom. The van der Waals surface area contributed by atoms with Gasteiger partial charge in [-0.1, -0.05) is 19.8 Å². The van der Waals surface area contributed by atoms with E-state index in [0.717, 1.165) is 13.0 Å². The van der Waals surface area contributed by atoms with Crippen LogP contribution in [0.25, 0.3) is 0 Å². The number of nitrogens with zero attached hydrogens (tertiary/aromatic N) is 2. The third-order valence-electron chi connectivity index (χ3n) is 1.72. The summed E-state index contributed by atoms with van der Waals surface area (Å²) in [6, 6.07) is 0. The van der Waals surface area contributed by atoms with E-state index in [0.29, 0.717) is 6.54 Å². The van der Waals surface area contributed by atoms with Crippen molar-refractivity contribution in [1.82, 2.24) is 5.01 Å². The van der Waals surface area contributed by atoms with E-state index in [1.165, 1.54) is 19.1 Å². The highest BCUT2D eigenvalue weighted by molar-refractivity contribution is 6.29. The average Bonchev–Trinajstić information content (AvgIpc) is 2.37. The molecule has 1 aliphatic heterocycles. The standard InChI is InChI=1S/C8H14N2O/c1-2-3-4-5-10-7-8(11)6-9-10/h6H,2-5,7H2,1H3. The Labute approximate surface area is 67.1 Å². The lowest BCUT2D eigenvalue weighted by Gasteiger charge is -2.11. The third-order valence-corrected chi connectivity index (χ3v) is 1.72. The molecular formula is C8H14N2O. The van der Waals surface area contributed by atoms with Gasteiger partial charge in [0.1, 0.15) is 6.54 Å². The van der Waals surface area contributed by atoms with Gasteiger partial charge in [0, 0.05) is 6.54 Å². The van der Waals surface area contributed by atoms with Crippen molar-refractivity contribution in [2.24, 2.45) is 5.10 Å². The van der Waals surface area contributed by atoms with Gasteiger partial charge >= 0.3 is 0 Å². The van der Waals surface area contributed by atoms with Crippen molar-refractivity contribution in [2.75, 3.05) is 13.1 Å². The van der Waals surface area contributed by atoms with E-state index in [2.05, 4.69) is 12.0 Å². The topological polar surface area (TPSA) is 32.7 Å². The fourth-order valence-corrected chi connectivity index (χ4v) is 1.09. The van der Waals surface area contributed by atoms with Crippen LogP contribution in [0.5, 0.6) is 0 Å². The Hall–Kier alpha value is -0.860. The lowest BCUT2D eigenvalue weighted by molar-refractivity contribution is -0.112. The van der Waals surface area contributed by atoms with Crippen LogP contribution in [0, 0.1) is 0 Å². The summed E-state index contributed by atoms with van der Waals surface area (Å²) in [6.07, 6.45) is 4.98. The van der Waals surface area contributed by atoms with Crippen molar-refractivity contribution in [1.29, 1.82) is 0 Å². The summed E-state index contributed by atoms with van der Waals surface area (Å²) in [5.74, 6) is 0.126. The van der Waals surface area contributed by atoms with Gasteiger partial charge in [0.05, 0.1) is 6.21 Å². The van der Waals surface area contributed by atoms with Gasteiger partial charge in [-0.05, 0) is 6.42 Å². The average molecular weight is 154 g/mol. The predicted octanol–water partition coefficient (Wildman–Crippen LogP) is 1.05. The number of carbonyl (C=O) groups excluding carboxylic acids is 1. The number of ketones is 1. The van der Waals surface area contributed by atoms with Crippen LogP contribution >= 0.6 is 0 Å². The Morgan fingerprint density at radius 2 is 2.45 bits per heavy atom. The number of hydrogen-bond donors (Lipinski definition) is 0. The molecule has 3 heteroatoms. The molecule has 1 rings (SSSR count). The maximum absolute atomic E-state index is 10.7. The first kappa shape index (κ1) is 8.24. The summed E-state index contributed by atoms with van der Waals surface area (Å²) in [4.78, 5) is 10.7. The summed E-state index contributed by atoms with van der Waals surface area (Å²) in [7, 11) is 0. The summed E-state index contributed by atoms with van der Waals surface area (Å²) in [5, 5.41) is 5.78. The van der Waals surface area contributed by atoms with Crippen LogP contribution < -0.4 is 0 Å².